The van der Waals surface area contributed by atoms with Crippen LogP contribution in [0.25, 0.3) is 11.3 Å². The number of hydrogen-bond donors (Lipinski definition) is 1. The normalized spacial score (nSPS) is 10.8. The van der Waals surface area contributed by atoms with Crippen LogP contribution in [0.2, 0.25) is 0 Å². The molecule has 2 rings (SSSR count). The topological polar surface area (TPSA) is 88.9 Å². The fourth-order valence-corrected chi connectivity index (χ4v) is 1.41. The quantitative estimate of drug-likeness (QED) is 0.381. The summed E-state index contributed by atoms with van der Waals surface area (Å²) >= 11 is 0. The number of nitro benzene ring substituents is 1. The van der Waals surface area contributed by atoms with Crippen LogP contribution in [0, 0.1) is 10.1 Å². The molecule has 1 N–H and O–H groups in total. The fourth-order valence-electron chi connectivity index (χ4n) is 1.41. The predicted molar refractivity (Wildman–Crippen MR) is 60.2 cm³/mol. The molecule has 0 bridgehead atoms. The van der Waals surface area contributed by atoms with Gasteiger partial charge in [-0.3, -0.25) is 10.1 Å². The molecule has 17 heavy (non-hydrogen) atoms. The lowest BCUT2D eigenvalue weighted by atomic mass is 10.1. The third-order valence-corrected chi connectivity index (χ3v) is 2.15. The minimum absolute atomic E-state index is 0.00345. The molecule has 0 aliphatic heterocycles. The van der Waals surface area contributed by atoms with Gasteiger partial charge in [-0.25, -0.2) is 0 Å². The van der Waals surface area contributed by atoms with E-state index in [1.54, 1.807) is 24.3 Å². The molecule has 0 atom stereocenters. The molecule has 86 valence electrons. The van der Waals surface area contributed by atoms with E-state index in [1.165, 1.54) is 12.1 Å². The maximum atomic E-state index is 10.6. The first-order valence-corrected chi connectivity index (χ1v) is 4.73. The van der Waals surface area contributed by atoms with Crippen molar-refractivity contribution in [2.24, 2.45) is 5.16 Å². The second kappa shape index (κ2) is 4.48. The summed E-state index contributed by atoms with van der Waals surface area (Å²) in [6.07, 6.45) is 1.14. The zero-order chi connectivity index (χ0) is 12.3. The van der Waals surface area contributed by atoms with Gasteiger partial charge in [0.25, 0.3) is 5.69 Å². The third-order valence-electron chi connectivity index (χ3n) is 2.15. The first-order chi connectivity index (χ1) is 8.20. The Hall–Kier alpha value is -2.63. The molecule has 1 aromatic carbocycles. The predicted octanol–water partition coefficient (Wildman–Crippen LogP) is 2.66. The molecule has 0 aliphatic carbocycles. The van der Waals surface area contributed by atoms with Gasteiger partial charge in [-0.05, 0) is 12.1 Å². The minimum Gasteiger partial charge on any atom is -0.455 e. The van der Waals surface area contributed by atoms with Gasteiger partial charge in [0.15, 0.2) is 0 Å². The third kappa shape index (κ3) is 2.31. The van der Waals surface area contributed by atoms with Crippen LogP contribution in [0.1, 0.15) is 5.76 Å². The number of nitro groups is 1. The van der Waals surface area contributed by atoms with Crippen molar-refractivity contribution in [2.75, 3.05) is 0 Å². The van der Waals surface area contributed by atoms with Gasteiger partial charge >= 0.3 is 0 Å². The van der Waals surface area contributed by atoms with Crippen LogP contribution in [-0.2, 0) is 0 Å². The highest BCUT2D eigenvalue weighted by atomic mass is 16.6. The Balaban J connectivity index is 2.38. The molecule has 0 radical (unpaired) electrons. The van der Waals surface area contributed by atoms with Crippen LogP contribution >= 0.6 is 0 Å². The smallest absolute Gasteiger partial charge is 0.270 e. The fraction of sp³-hybridized carbons (Fsp3) is 0. The Morgan fingerprint density at radius 2 is 2.18 bits per heavy atom. The van der Waals surface area contributed by atoms with Crippen LogP contribution < -0.4 is 0 Å². The molecule has 6 nitrogen and oxygen atoms in total. The van der Waals surface area contributed by atoms with E-state index in [2.05, 4.69) is 5.16 Å². The number of hydrogen-bond acceptors (Lipinski definition) is 5. The Kier molecular flexibility index (Phi) is 2.87. The summed E-state index contributed by atoms with van der Waals surface area (Å²) < 4.78 is 5.31. The zero-order valence-electron chi connectivity index (χ0n) is 8.61. The van der Waals surface area contributed by atoms with E-state index in [1.807, 2.05) is 0 Å². The lowest BCUT2D eigenvalue weighted by Gasteiger charge is -1.96. The average Bonchev–Trinajstić information content (AvgIpc) is 2.78. The van der Waals surface area contributed by atoms with Gasteiger partial charge in [-0.15, -0.1) is 0 Å². The summed E-state index contributed by atoms with van der Waals surface area (Å²) in [4.78, 5) is 10.1. The second-order valence-corrected chi connectivity index (χ2v) is 3.25. The van der Waals surface area contributed by atoms with Gasteiger partial charge in [0, 0.05) is 17.7 Å². The molecule has 0 unspecified atom stereocenters. The molecule has 0 amide bonds. The van der Waals surface area contributed by atoms with Crippen molar-refractivity contribution >= 4 is 11.9 Å². The lowest BCUT2D eigenvalue weighted by Crippen LogP contribution is -1.87. The lowest BCUT2D eigenvalue weighted by molar-refractivity contribution is -0.384. The maximum Gasteiger partial charge on any atom is 0.270 e. The molecule has 2 aromatic rings. The van der Waals surface area contributed by atoms with E-state index < -0.39 is 4.92 Å². The number of benzene rings is 1. The monoisotopic (exact) mass is 232 g/mol. The standard InChI is InChI=1S/C11H8N2O4/c14-12-7-10-4-5-11(17-10)8-2-1-3-9(6-8)13(15)16/h1-7,14H. The van der Waals surface area contributed by atoms with E-state index in [0.29, 0.717) is 17.1 Å². The molecule has 0 saturated heterocycles. The Morgan fingerprint density at radius 3 is 2.88 bits per heavy atom. The molecule has 6 heteroatoms. The number of oxime groups is 1. The first kappa shape index (κ1) is 10.9. The molecule has 0 fully saturated rings. The highest BCUT2D eigenvalue weighted by Gasteiger charge is 2.09. The highest BCUT2D eigenvalue weighted by Crippen LogP contribution is 2.25. The van der Waals surface area contributed by atoms with Gasteiger partial charge in [0.2, 0.25) is 0 Å². The van der Waals surface area contributed by atoms with Gasteiger partial charge < -0.3 is 9.62 Å². The largest absolute Gasteiger partial charge is 0.455 e. The molecule has 0 saturated carbocycles. The Morgan fingerprint density at radius 1 is 1.35 bits per heavy atom. The number of non-ortho nitro benzene ring substituents is 1. The SMILES string of the molecule is O=[N+]([O-])c1cccc(-c2ccc(C=NO)o2)c1. The van der Waals surface area contributed by atoms with Crippen LogP contribution in [0.4, 0.5) is 5.69 Å². The van der Waals surface area contributed by atoms with Gasteiger partial charge in [-0.1, -0.05) is 17.3 Å². The average molecular weight is 232 g/mol. The van der Waals surface area contributed by atoms with E-state index in [-0.39, 0.29) is 5.69 Å². The van der Waals surface area contributed by atoms with E-state index in [4.69, 9.17) is 9.62 Å². The molecule has 1 aromatic heterocycles. The number of rotatable bonds is 3. The molecular formula is C11H8N2O4. The van der Waals surface area contributed by atoms with Crippen molar-refractivity contribution in [1.82, 2.24) is 0 Å². The second-order valence-electron chi connectivity index (χ2n) is 3.25. The van der Waals surface area contributed by atoms with Crippen molar-refractivity contribution in [3.8, 4) is 11.3 Å². The van der Waals surface area contributed by atoms with E-state index >= 15 is 0 Å². The summed E-state index contributed by atoms with van der Waals surface area (Å²) in [5.41, 5.74) is 0.591. The van der Waals surface area contributed by atoms with Gasteiger partial charge in [0.05, 0.1) is 4.92 Å². The van der Waals surface area contributed by atoms with E-state index in [9.17, 15) is 10.1 Å². The van der Waals surface area contributed by atoms with Crippen molar-refractivity contribution in [2.45, 2.75) is 0 Å². The van der Waals surface area contributed by atoms with Crippen molar-refractivity contribution < 1.29 is 14.5 Å². The summed E-state index contributed by atoms with van der Waals surface area (Å²) in [5, 5.41) is 21.8. The van der Waals surface area contributed by atoms with Crippen molar-refractivity contribution in [3.05, 3.63) is 52.3 Å². The van der Waals surface area contributed by atoms with Crippen LogP contribution in [0.15, 0.2) is 46.0 Å². The summed E-state index contributed by atoms with van der Waals surface area (Å²) in [7, 11) is 0. The Bertz CT molecular complexity index is 574. The number of furan rings is 1. The minimum atomic E-state index is -0.470. The van der Waals surface area contributed by atoms with Crippen LogP contribution in [-0.4, -0.2) is 16.3 Å². The van der Waals surface area contributed by atoms with Crippen LogP contribution in [0.5, 0.6) is 0 Å². The van der Waals surface area contributed by atoms with Crippen LogP contribution in [0.3, 0.4) is 0 Å². The molecular weight excluding hydrogens is 224 g/mol. The van der Waals surface area contributed by atoms with Gasteiger partial charge in [0.1, 0.15) is 17.7 Å². The molecule has 0 spiro atoms. The first-order valence-electron chi connectivity index (χ1n) is 4.73. The van der Waals surface area contributed by atoms with Crippen molar-refractivity contribution in [3.63, 3.8) is 0 Å². The summed E-state index contributed by atoms with van der Waals surface area (Å²) in [5.74, 6) is 0.845. The maximum absolute atomic E-state index is 10.6. The molecule has 1 heterocycles. The number of nitrogens with zero attached hydrogens (tertiary/aromatic N) is 2. The zero-order valence-corrected chi connectivity index (χ0v) is 8.61. The Labute approximate surface area is 95.9 Å². The van der Waals surface area contributed by atoms with Crippen molar-refractivity contribution in [1.29, 1.82) is 0 Å². The van der Waals surface area contributed by atoms with E-state index in [0.717, 1.165) is 6.21 Å². The highest BCUT2D eigenvalue weighted by molar-refractivity contribution is 5.77. The van der Waals surface area contributed by atoms with Gasteiger partial charge in [-0.2, -0.15) is 0 Å². The summed E-state index contributed by atoms with van der Waals surface area (Å²) in [6.45, 7) is 0. The molecule has 0 aliphatic rings. The summed E-state index contributed by atoms with van der Waals surface area (Å²) in [6, 6.07) is 9.35.